The minimum absolute atomic E-state index is 0.0156. The molecule has 0 aliphatic rings. The summed E-state index contributed by atoms with van der Waals surface area (Å²) in [5.41, 5.74) is 0.583. The van der Waals surface area contributed by atoms with E-state index in [1.54, 1.807) is 6.07 Å². The normalized spacial score (nSPS) is 10.4. The maximum atomic E-state index is 11.9. The fourth-order valence-electron chi connectivity index (χ4n) is 1.03. The van der Waals surface area contributed by atoms with Crippen LogP contribution in [0.1, 0.15) is 15.2 Å². The lowest BCUT2D eigenvalue weighted by atomic mass is 10.2. The fraction of sp³-hybridized carbons (Fsp3) is 0. The van der Waals surface area contributed by atoms with Crippen LogP contribution in [0.15, 0.2) is 27.4 Å². The highest BCUT2D eigenvalue weighted by atomic mass is 79.9. The molecule has 0 amide bonds. The largest absolute Gasteiger partial charge is 0.288 e. The number of carbonyl (C=O) groups is 1. The van der Waals surface area contributed by atoms with Gasteiger partial charge in [-0.25, -0.2) is 0 Å². The summed E-state index contributed by atoms with van der Waals surface area (Å²) in [6.07, 6.45) is 0. The molecule has 2 aromatic rings. The molecule has 0 radical (unpaired) electrons. The minimum atomic E-state index is -0.0156. The number of halogens is 2. The van der Waals surface area contributed by atoms with Gasteiger partial charge in [-0.05, 0) is 38.8 Å². The highest BCUT2D eigenvalue weighted by Crippen LogP contribution is 2.30. The molecule has 0 aliphatic heterocycles. The van der Waals surface area contributed by atoms with E-state index in [-0.39, 0.29) is 5.78 Å². The summed E-state index contributed by atoms with van der Waals surface area (Å²) in [4.78, 5) is 12.6. The molecule has 2 aromatic heterocycles. The number of carbonyl (C=O) groups excluding carboxylic acids is 1. The first-order valence-electron chi connectivity index (χ1n) is 3.71. The number of hydrogen-bond acceptors (Lipinski definition) is 3. The van der Waals surface area contributed by atoms with Gasteiger partial charge in [-0.15, -0.1) is 22.7 Å². The average molecular weight is 308 g/mol. The zero-order chi connectivity index (χ0) is 10.1. The van der Waals surface area contributed by atoms with E-state index >= 15 is 0 Å². The van der Waals surface area contributed by atoms with Crippen molar-refractivity contribution in [1.29, 1.82) is 0 Å². The lowest BCUT2D eigenvalue weighted by Gasteiger charge is -1.95. The Kier molecular flexibility index (Phi) is 3.07. The van der Waals surface area contributed by atoms with E-state index in [1.165, 1.54) is 22.7 Å². The Labute approximate surface area is 102 Å². The lowest BCUT2D eigenvalue weighted by Crippen LogP contribution is -1.97. The second-order valence-electron chi connectivity index (χ2n) is 2.53. The summed E-state index contributed by atoms with van der Waals surface area (Å²) in [7, 11) is 0. The zero-order valence-electron chi connectivity index (χ0n) is 6.79. The molecule has 0 aliphatic carbocycles. The van der Waals surface area contributed by atoms with Gasteiger partial charge in [0.05, 0.1) is 10.4 Å². The van der Waals surface area contributed by atoms with Gasteiger partial charge in [-0.3, -0.25) is 4.79 Å². The van der Waals surface area contributed by atoms with Gasteiger partial charge in [0, 0.05) is 4.47 Å². The molecule has 2 rings (SSSR count). The Morgan fingerprint density at radius 3 is 2.50 bits per heavy atom. The van der Waals surface area contributed by atoms with Crippen molar-refractivity contribution in [3.63, 3.8) is 0 Å². The molecule has 0 spiro atoms. The van der Waals surface area contributed by atoms with Crippen LogP contribution in [0.2, 0.25) is 4.34 Å². The van der Waals surface area contributed by atoms with Crippen LogP contribution >= 0.6 is 50.2 Å². The molecule has 1 nitrogen and oxygen atoms in total. The van der Waals surface area contributed by atoms with Gasteiger partial charge in [0.2, 0.25) is 5.78 Å². The van der Waals surface area contributed by atoms with Gasteiger partial charge in [0.1, 0.15) is 4.34 Å². The van der Waals surface area contributed by atoms with Crippen molar-refractivity contribution in [3.05, 3.63) is 42.1 Å². The molecular formula is C9H4BrClOS2. The van der Waals surface area contributed by atoms with Gasteiger partial charge in [0.15, 0.2) is 0 Å². The Balaban J connectivity index is 2.44. The molecule has 14 heavy (non-hydrogen) atoms. The molecule has 0 atom stereocenters. The van der Waals surface area contributed by atoms with Crippen LogP contribution in [-0.2, 0) is 0 Å². The minimum Gasteiger partial charge on any atom is -0.288 e. The van der Waals surface area contributed by atoms with E-state index in [9.17, 15) is 4.79 Å². The van der Waals surface area contributed by atoms with Crippen LogP contribution < -0.4 is 0 Å². The smallest absolute Gasteiger partial charge is 0.206 e. The zero-order valence-corrected chi connectivity index (χ0v) is 10.8. The van der Waals surface area contributed by atoms with Gasteiger partial charge < -0.3 is 0 Å². The van der Waals surface area contributed by atoms with E-state index in [1.807, 2.05) is 16.8 Å². The van der Waals surface area contributed by atoms with Gasteiger partial charge in [-0.2, -0.15) is 0 Å². The van der Waals surface area contributed by atoms with E-state index in [2.05, 4.69) is 15.9 Å². The molecule has 2 heterocycles. The Morgan fingerprint density at radius 2 is 2.00 bits per heavy atom. The van der Waals surface area contributed by atoms with Crippen LogP contribution in [0, 0.1) is 0 Å². The standard InChI is InChI=1S/C9H4BrClOS2/c10-6-2-4-13-8(6)7(12)5-1-3-14-9(5)11/h1-4H. The molecule has 0 saturated heterocycles. The first-order chi connectivity index (χ1) is 6.70. The van der Waals surface area contributed by atoms with E-state index in [0.29, 0.717) is 14.8 Å². The molecule has 0 fully saturated rings. The molecule has 0 bridgehead atoms. The second-order valence-corrected chi connectivity index (χ2v) is 5.82. The van der Waals surface area contributed by atoms with E-state index in [0.717, 1.165) is 4.47 Å². The predicted octanol–water partition coefficient (Wildman–Crippen LogP) is 4.46. The summed E-state index contributed by atoms with van der Waals surface area (Å²) in [6, 6.07) is 3.61. The van der Waals surface area contributed by atoms with Crippen molar-refractivity contribution >= 4 is 56.0 Å². The van der Waals surface area contributed by atoms with Crippen molar-refractivity contribution < 1.29 is 4.79 Å². The number of thiophene rings is 2. The SMILES string of the molecule is O=C(c1ccsc1Cl)c1sccc1Br. The molecule has 0 unspecified atom stereocenters. The van der Waals surface area contributed by atoms with Crippen molar-refractivity contribution in [2.45, 2.75) is 0 Å². The summed E-state index contributed by atoms with van der Waals surface area (Å²) >= 11 is 12.0. The van der Waals surface area contributed by atoms with Crippen LogP contribution in [0.3, 0.4) is 0 Å². The second kappa shape index (κ2) is 4.14. The van der Waals surface area contributed by atoms with Crippen molar-refractivity contribution in [2.24, 2.45) is 0 Å². The van der Waals surface area contributed by atoms with Gasteiger partial charge >= 0.3 is 0 Å². The molecule has 0 saturated carbocycles. The summed E-state index contributed by atoms with van der Waals surface area (Å²) in [5.74, 6) is -0.0156. The van der Waals surface area contributed by atoms with Crippen molar-refractivity contribution in [2.75, 3.05) is 0 Å². The summed E-state index contributed by atoms with van der Waals surface area (Å²) in [6.45, 7) is 0. The number of hydrogen-bond donors (Lipinski definition) is 0. The Morgan fingerprint density at radius 1 is 1.29 bits per heavy atom. The maximum absolute atomic E-state index is 11.9. The van der Waals surface area contributed by atoms with E-state index < -0.39 is 0 Å². The number of ketones is 1. The van der Waals surface area contributed by atoms with Crippen LogP contribution in [0.4, 0.5) is 0 Å². The lowest BCUT2D eigenvalue weighted by molar-refractivity contribution is 0.104. The highest BCUT2D eigenvalue weighted by Gasteiger charge is 2.17. The molecule has 72 valence electrons. The van der Waals surface area contributed by atoms with Crippen LogP contribution in [0.25, 0.3) is 0 Å². The van der Waals surface area contributed by atoms with Crippen LogP contribution in [0.5, 0.6) is 0 Å². The highest BCUT2D eigenvalue weighted by molar-refractivity contribution is 9.10. The fourth-order valence-corrected chi connectivity index (χ4v) is 3.45. The molecule has 5 heteroatoms. The first-order valence-corrected chi connectivity index (χ1v) is 6.64. The van der Waals surface area contributed by atoms with Crippen molar-refractivity contribution in [3.8, 4) is 0 Å². The molecule has 0 N–H and O–H groups in total. The monoisotopic (exact) mass is 306 g/mol. The van der Waals surface area contributed by atoms with E-state index in [4.69, 9.17) is 11.6 Å². The molecular weight excluding hydrogens is 304 g/mol. The van der Waals surface area contributed by atoms with Gasteiger partial charge in [0.25, 0.3) is 0 Å². The predicted molar refractivity (Wildman–Crippen MR) is 64.8 cm³/mol. The van der Waals surface area contributed by atoms with Gasteiger partial charge in [-0.1, -0.05) is 11.6 Å². The first kappa shape index (κ1) is 10.4. The third kappa shape index (κ3) is 1.80. The third-order valence-corrected chi connectivity index (χ3v) is 4.69. The topological polar surface area (TPSA) is 17.1 Å². The van der Waals surface area contributed by atoms with Crippen LogP contribution in [-0.4, -0.2) is 5.78 Å². The Hall–Kier alpha value is -0.160. The molecule has 0 aromatic carbocycles. The Bertz CT molecular complexity index is 432. The summed E-state index contributed by atoms with van der Waals surface area (Å²) in [5, 5.41) is 3.69. The average Bonchev–Trinajstić information content (AvgIpc) is 2.73. The van der Waals surface area contributed by atoms with Crippen molar-refractivity contribution in [1.82, 2.24) is 0 Å². The summed E-state index contributed by atoms with van der Waals surface area (Å²) < 4.78 is 1.38. The quantitative estimate of drug-likeness (QED) is 0.749. The third-order valence-electron chi connectivity index (χ3n) is 1.69. The number of rotatable bonds is 2. The maximum Gasteiger partial charge on any atom is 0.206 e.